The number of thiophene rings is 1. The van der Waals surface area contributed by atoms with E-state index in [1.165, 1.54) is 11.3 Å². The summed E-state index contributed by atoms with van der Waals surface area (Å²) < 4.78 is 53.7. The Morgan fingerprint density at radius 1 is 1.11 bits per heavy atom. The number of halogens is 4. The quantitative estimate of drug-likeness (QED) is 0.439. The second kappa shape index (κ2) is 7.66. The maximum atomic E-state index is 14.1. The van der Waals surface area contributed by atoms with Crippen LogP contribution in [-0.4, -0.2) is 17.6 Å². The van der Waals surface area contributed by atoms with Gasteiger partial charge in [-0.25, -0.2) is 4.39 Å². The summed E-state index contributed by atoms with van der Waals surface area (Å²) in [5.41, 5.74) is -0.0615. The standard InChI is InChI=1S/C19H15F4NO2S/c20-15-3-2-13(19(21,22)23)9-14(15)17-8-12-7-11(1-4-16(12)27-17)10-24-6-5-18(25)26/h1-4,7-9,24H,5-6,10H2,(H,25,26). The second-order valence-corrected chi connectivity index (χ2v) is 7.08. The molecule has 0 saturated heterocycles. The van der Waals surface area contributed by atoms with Crippen LogP contribution in [0, 0.1) is 5.82 Å². The van der Waals surface area contributed by atoms with Gasteiger partial charge in [0, 0.05) is 28.2 Å². The Balaban J connectivity index is 1.86. The minimum absolute atomic E-state index is 0.0136. The molecule has 0 unspecified atom stereocenters. The van der Waals surface area contributed by atoms with E-state index in [4.69, 9.17) is 5.11 Å². The Morgan fingerprint density at radius 3 is 2.59 bits per heavy atom. The van der Waals surface area contributed by atoms with E-state index >= 15 is 0 Å². The molecule has 0 saturated carbocycles. The first-order valence-corrected chi connectivity index (χ1v) is 8.88. The van der Waals surface area contributed by atoms with Gasteiger partial charge in [0.05, 0.1) is 12.0 Å². The average Bonchev–Trinajstić information content (AvgIpc) is 3.01. The average molecular weight is 397 g/mol. The molecule has 8 heteroatoms. The summed E-state index contributed by atoms with van der Waals surface area (Å²) in [6, 6.07) is 9.58. The molecule has 142 valence electrons. The number of alkyl halides is 3. The van der Waals surface area contributed by atoms with Gasteiger partial charge in [0.25, 0.3) is 0 Å². The Kier molecular flexibility index (Phi) is 5.48. The maximum absolute atomic E-state index is 14.1. The molecular weight excluding hydrogens is 382 g/mol. The highest BCUT2D eigenvalue weighted by molar-refractivity contribution is 7.22. The molecule has 27 heavy (non-hydrogen) atoms. The van der Waals surface area contributed by atoms with Crippen molar-refractivity contribution >= 4 is 27.4 Å². The van der Waals surface area contributed by atoms with Crippen molar-refractivity contribution in [2.24, 2.45) is 0 Å². The predicted molar refractivity (Wildman–Crippen MR) is 96.2 cm³/mol. The summed E-state index contributed by atoms with van der Waals surface area (Å²) in [4.78, 5) is 10.9. The lowest BCUT2D eigenvalue weighted by atomic mass is 10.1. The monoisotopic (exact) mass is 397 g/mol. The van der Waals surface area contributed by atoms with Crippen LogP contribution in [0.3, 0.4) is 0 Å². The number of carbonyl (C=O) groups is 1. The van der Waals surface area contributed by atoms with Crippen LogP contribution >= 0.6 is 11.3 Å². The summed E-state index contributed by atoms with van der Waals surface area (Å²) in [5, 5.41) is 12.4. The molecule has 3 nitrogen and oxygen atoms in total. The molecule has 0 radical (unpaired) electrons. The van der Waals surface area contributed by atoms with Crippen LogP contribution < -0.4 is 5.32 Å². The Hall–Kier alpha value is -2.45. The molecule has 2 aromatic carbocycles. The third kappa shape index (κ3) is 4.64. The molecule has 0 aliphatic carbocycles. The first-order chi connectivity index (χ1) is 12.7. The lowest BCUT2D eigenvalue weighted by Gasteiger charge is -2.08. The van der Waals surface area contributed by atoms with Crippen molar-refractivity contribution in [3.63, 3.8) is 0 Å². The minimum Gasteiger partial charge on any atom is -0.481 e. The zero-order valence-electron chi connectivity index (χ0n) is 13.9. The van der Waals surface area contributed by atoms with E-state index in [0.717, 1.165) is 33.8 Å². The molecule has 0 bridgehead atoms. The van der Waals surface area contributed by atoms with Gasteiger partial charge in [-0.1, -0.05) is 6.07 Å². The van der Waals surface area contributed by atoms with Crippen molar-refractivity contribution in [2.45, 2.75) is 19.1 Å². The largest absolute Gasteiger partial charge is 0.481 e. The van der Waals surface area contributed by atoms with Crippen LogP contribution in [0.4, 0.5) is 17.6 Å². The molecule has 2 N–H and O–H groups in total. The van der Waals surface area contributed by atoms with Gasteiger partial charge >= 0.3 is 12.1 Å². The zero-order chi connectivity index (χ0) is 19.6. The van der Waals surface area contributed by atoms with Gasteiger partial charge in [-0.05, 0) is 47.3 Å². The number of hydrogen-bond acceptors (Lipinski definition) is 3. The van der Waals surface area contributed by atoms with Crippen LogP contribution in [0.25, 0.3) is 20.5 Å². The number of carboxylic acid groups (broad SMARTS) is 1. The highest BCUT2D eigenvalue weighted by atomic mass is 32.1. The maximum Gasteiger partial charge on any atom is 0.416 e. The van der Waals surface area contributed by atoms with Gasteiger partial charge in [-0.15, -0.1) is 11.3 Å². The molecule has 0 fully saturated rings. The molecule has 1 aromatic heterocycles. The van der Waals surface area contributed by atoms with Crippen LogP contribution in [-0.2, 0) is 17.5 Å². The van der Waals surface area contributed by atoms with E-state index < -0.39 is 23.5 Å². The molecule has 0 aliphatic rings. The van der Waals surface area contributed by atoms with E-state index in [0.29, 0.717) is 18.0 Å². The number of fused-ring (bicyclic) bond motifs is 1. The third-order valence-corrected chi connectivity index (χ3v) is 5.13. The van der Waals surface area contributed by atoms with Crippen molar-refractivity contribution in [3.8, 4) is 10.4 Å². The Labute approximate surface area is 156 Å². The highest BCUT2D eigenvalue weighted by Crippen LogP contribution is 2.38. The highest BCUT2D eigenvalue weighted by Gasteiger charge is 2.31. The Morgan fingerprint density at radius 2 is 1.89 bits per heavy atom. The van der Waals surface area contributed by atoms with E-state index in [1.54, 1.807) is 6.07 Å². The van der Waals surface area contributed by atoms with Crippen molar-refractivity contribution in [2.75, 3.05) is 6.54 Å². The number of nitrogens with one attached hydrogen (secondary N) is 1. The fourth-order valence-electron chi connectivity index (χ4n) is 2.65. The number of carboxylic acids is 1. The van der Waals surface area contributed by atoms with Crippen molar-refractivity contribution in [1.29, 1.82) is 0 Å². The fourth-order valence-corrected chi connectivity index (χ4v) is 3.71. The van der Waals surface area contributed by atoms with Gasteiger partial charge < -0.3 is 10.4 Å². The molecule has 3 aromatic rings. The van der Waals surface area contributed by atoms with Gasteiger partial charge in [-0.3, -0.25) is 4.79 Å². The molecular formula is C19H15F4NO2S. The van der Waals surface area contributed by atoms with Crippen molar-refractivity contribution < 1.29 is 27.5 Å². The molecule has 0 spiro atoms. The summed E-state index contributed by atoms with van der Waals surface area (Å²) in [6.45, 7) is 0.796. The number of benzene rings is 2. The SMILES string of the molecule is O=C(O)CCNCc1ccc2sc(-c3cc(C(F)(F)F)ccc3F)cc2c1. The smallest absolute Gasteiger partial charge is 0.416 e. The molecule has 1 heterocycles. The number of rotatable bonds is 6. The first-order valence-electron chi connectivity index (χ1n) is 8.06. The molecule has 0 aliphatic heterocycles. The van der Waals surface area contributed by atoms with Crippen LogP contribution in [0.5, 0.6) is 0 Å². The van der Waals surface area contributed by atoms with Crippen LogP contribution in [0.2, 0.25) is 0 Å². The summed E-state index contributed by atoms with van der Waals surface area (Å²) in [6.07, 6.45) is -4.52. The van der Waals surface area contributed by atoms with Crippen molar-refractivity contribution in [1.82, 2.24) is 5.32 Å². The van der Waals surface area contributed by atoms with Crippen LogP contribution in [0.15, 0.2) is 42.5 Å². The molecule has 3 rings (SSSR count). The van der Waals surface area contributed by atoms with Gasteiger partial charge in [-0.2, -0.15) is 13.2 Å². The topological polar surface area (TPSA) is 49.3 Å². The third-order valence-electron chi connectivity index (χ3n) is 3.98. The van der Waals surface area contributed by atoms with Gasteiger partial charge in [0.1, 0.15) is 5.82 Å². The van der Waals surface area contributed by atoms with Crippen molar-refractivity contribution in [3.05, 3.63) is 59.4 Å². The van der Waals surface area contributed by atoms with E-state index in [-0.39, 0.29) is 12.0 Å². The summed E-state index contributed by atoms with van der Waals surface area (Å²) >= 11 is 1.22. The van der Waals surface area contributed by atoms with Gasteiger partial charge in [0.2, 0.25) is 0 Å². The van der Waals surface area contributed by atoms with E-state index in [9.17, 15) is 22.4 Å². The van der Waals surface area contributed by atoms with Gasteiger partial charge in [0.15, 0.2) is 0 Å². The summed E-state index contributed by atoms with van der Waals surface area (Å²) in [5.74, 6) is -1.59. The lowest BCUT2D eigenvalue weighted by molar-refractivity contribution is -0.138. The predicted octanol–water partition coefficient (Wildman–Crippen LogP) is 5.29. The number of aliphatic carboxylic acids is 1. The van der Waals surface area contributed by atoms with E-state index in [2.05, 4.69) is 5.32 Å². The Bertz CT molecular complexity index is 981. The first kappa shape index (κ1) is 19.3. The summed E-state index contributed by atoms with van der Waals surface area (Å²) in [7, 11) is 0. The second-order valence-electron chi connectivity index (χ2n) is 6.00. The zero-order valence-corrected chi connectivity index (χ0v) is 14.8. The molecule has 0 amide bonds. The van der Waals surface area contributed by atoms with Crippen LogP contribution in [0.1, 0.15) is 17.5 Å². The normalized spacial score (nSPS) is 11.9. The van der Waals surface area contributed by atoms with E-state index in [1.807, 2.05) is 18.2 Å². The minimum atomic E-state index is -4.53. The number of hydrogen-bond donors (Lipinski definition) is 2. The fraction of sp³-hybridized carbons (Fsp3) is 0.211. The molecule has 0 atom stereocenters. The lowest BCUT2D eigenvalue weighted by Crippen LogP contribution is -2.17.